The van der Waals surface area contributed by atoms with Crippen molar-refractivity contribution in [3.63, 3.8) is 0 Å². The highest BCUT2D eigenvalue weighted by atomic mass is 14.6. The molecule has 0 fully saturated rings. The summed E-state index contributed by atoms with van der Waals surface area (Å²) in [7, 11) is 0. The van der Waals surface area contributed by atoms with Crippen molar-refractivity contribution in [2.45, 2.75) is 12.8 Å². The Bertz CT molecular complexity index is 535. The number of benzene rings is 1. The molecular formula is C11H11N3. The van der Waals surface area contributed by atoms with Crippen LogP contribution in [0.25, 0.3) is 11.8 Å². The van der Waals surface area contributed by atoms with Crippen LogP contribution in [-0.2, 0) is 0 Å². The first-order chi connectivity index (χ1) is 6.72. The highest BCUT2D eigenvalue weighted by Crippen LogP contribution is 2.05. The molecule has 70 valence electrons. The molecule has 1 aromatic rings. The van der Waals surface area contributed by atoms with Crippen LogP contribution in [0.15, 0.2) is 12.1 Å². The van der Waals surface area contributed by atoms with Gasteiger partial charge < -0.3 is 11.5 Å². The van der Waals surface area contributed by atoms with E-state index in [0.29, 0.717) is 11.3 Å². The van der Waals surface area contributed by atoms with Crippen LogP contribution in [0.3, 0.4) is 0 Å². The fourth-order valence-electron chi connectivity index (χ4n) is 1.79. The quantitative estimate of drug-likeness (QED) is 0.549. The third kappa shape index (κ3) is 1.21. The lowest BCUT2D eigenvalue weighted by molar-refractivity contribution is 1.05. The highest BCUT2D eigenvalue weighted by molar-refractivity contribution is 5.59. The van der Waals surface area contributed by atoms with Crippen molar-refractivity contribution in [3.05, 3.63) is 28.1 Å². The number of nitrogen functional groups attached to an aromatic ring is 1. The standard InChI is InChI=1S/C11H11N3/c12-6-7-4-8-2-1-3-9(13)11(8)10(14)5-7/h2,4-5H,1,3,13-14H2. The van der Waals surface area contributed by atoms with E-state index in [1.54, 1.807) is 6.07 Å². The van der Waals surface area contributed by atoms with Crippen molar-refractivity contribution >= 4 is 17.5 Å². The van der Waals surface area contributed by atoms with Crippen LogP contribution in [0.1, 0.15) is 18.4 Å². The second-order valence-electron chi connectivity index (χ2n) is 3.41. The van der Waals surface area contributed by atoms with Gasteiger partial charge in [0.25, 0.3) is 0 Å². The van der Waals surface area contributed by atoms with Gasteiger partial charge in [0.1, 0.15) is 0 Å². The summed E-state index contributed by atoms with van der Waals surface area (Å²) < 4.78 is 0. The van der Waals surface area contributed by atoms with Crippen LogP contribution in [0, 0.1) is 11.3 Å². The molecule has 1 aliphatic carbocycles. The van der Waals surface area contributed by atoms with Crippen molar-refractivity contribution in [3.8, 4) is 6.07 Å². The van der Waals surface area contributed by atoms with Crippen molar-refractivity contribution in [1.29, 1.82) is 5.26 Å². The fourth-order valence-corrected chi connectivity index (χ4v) is 1.79. The molecule has 0 spiro atoms. The minimum Gasteiger partial charge on any atom is -0.401 e. The molecule has 0 amide bonds. The number of fused-ring (bicyclic) bond motifs is 1. The molecule has 0 saturated heterocycles. The van der Waals surface area contributed by atoms with Gasteiger partial charge in [0.05, 0.1) is 11.6 Å². The van der Waals surface area contributed by atoms with Crippen LogP contribution in [0.2, 0.25) is 0 Å². The predicted octanol–water partition coefficient (Wildman–Crippen LogP) is -0.218. The maximum Gasteiger partial charge on any atom is 0.0992 e. The lowest BCUT2D eigenvalue weighted by Gasteiger charge is -2.08. The fraction of sp³-hybridized carbons (Fsp3) is 0.182. The number of rotatable bonds is 0. The van der Waals surface area contributed by atoms with E-state index >= 15 is 0 Å². The summed E-state index contributed by atoms with van der Waals surface area (Å²) in [5.74, 6) is 0. The first kappa shape index (κ1) is 8.64. The monoisotopic (exact) mass is 185 g/mol. The lowest BCUT2D eigenvalue weighted by Crippen LogP contribution is -2.35. The van der Waals surface area contributed by atoms with E-state index in [2.05, 4.69) is 12.1 Å². The van der Waals surface area contributed by atoms with E-state index in [1.807, 2.05) is 6.07 Å². The lowest BCUT2D eigenvalue weighted by atomic mass is 10.0. The average Bonchev–Trinajstić information content (AvgIpc) is 2.17. The number of hydrogen-bond acceptors (Lipinski definition) is 3. The summed E-state index contributed by atoms with van der Waals surface area (Å²) in [5, 5.41) is 10.7. The molecule has 0 aromatic heterocycles. The summed E-state index contributed by atoms with van der Waals surface area (Å²) in [4.78, 5) is 0. The van der Waals surface area contributed by atoms with E-state index in [-0.39, 0.29) is 0 Å². The zero-order valence-corrected chi connectivity index (χ0v) is 7.75. The maximum atomic E-state index is 8.77. The molecule has 0 bridgehead atoms. The summed E-state index contributed by atoms with van der Waals surface area (Å²) in [6.45, 7) is 0. The average molecular weight is 185 g/mol. The Morgan fingerprint density at radius 2 is 2.07 bits per heavy atom. The van der Waals surface area contributed by atoms with Crippen molar-refractivity contribution < 1.29 is 0 Å². The van der Waals surface area contributed by atoms with Gasteiger partial charge in [-0.05, 0) is 30.2 Å². The van der Waals surface area contributed by atoms with Gasteiger partial charge in [-0.2, -0.15) is 5.26 Å². The molecule has 1 aromatic carbocycles. The SMILES string of the molecule is N#Cc1cc(N)c2c(c1)=CCCC=2N. The van der Waals surface area contributed by atoms with Crippen molar-refractivity contribution in [2.75, 3.05) is 5.73 Å². The first-order valence-electron chi connectivity index (χ1n) is 4.51. The van der Waals surface area contributed by atoms with E-state index < -0.39 is 0 Å². The Kier molecular flexibility index (Phi) is 1.90. The Hall–Kier alpha value is -1.95. The van der Waals surface area contributed by atoms with E-state index in [1.165, 1.54) is 0 Å². The van der Waals surface area contributed by atoms with Crippen molar-refractivity contribution in [1.82, 2.24) is 0 Å². The molecule has 3 heteroatoms. The van der Waals surface area contributed by atoms with Gasteiger partial charge in [-0.3, -0.25) is 0 Å². The third-order valence-electron chi connectivity index (χ3n) is 2.43. The molecule has 0 saturated carbocycles. The van der Waals surface area contributed by atoms with Gasteiger partial charge in [-0.25, -0.2) is 0 Å². The minimum absolute atomic E-state index is 0.590. The van der Waals surface area contributed by atoms with Crippen LogP contribution in [0.5, 0.6) is 0 Å². The number of nitrogens with two attached hydrogens (primary N) is 2. The molecule has 0 heterocycles. The van der Waals surface area contributed by atoms with Crippen molar-refractivity contribution in [2.24, 2.45) is 5.73 Å². The molecule has 0 radical (unpaired) electrons. The molecule has 1 aliphatic rings. The summed E-state index contributed by atoms with van der Waals surface area (Å²) >= 11 is 0. The number of hydrogen-bond donors (Lipinski definition) is 2. The molecule has 0 unspecified atom stereocenters. The summed E-state index contributed by atoms with van der Waals surface area (Å²) in [6.07, 6.45) is 3.85. The molecular weight excluding hydrogens is 174 g/mol. The predicted molar refractivity (Wildman–Crippen MR) is 56.1 cm³/mol. The molecule has 3 nitrogen and oxygen atoms in total. The normalized spacial score (nSPS) is 14.1. The van der Waals surface area contributed by atoms with Gasteiger partial charge in [0.15, 0.2) is 0 Å². The molecule has 0 aliphatic heterocycles. The van der Waals surface area contributed by atoms with Crippen LogP contribution < -0.4 is 21.9 Å². The largest absolute Gasteiger partial charge is 0.401 e. The van der Waals surface area contributed by atoms with Gasteiger partial charge in [-0.1, -0.05) is 6.08 Å². The second-order valence-corrected chi connectivity index (χ2v) is 3.41. The summed E-state index contributed by atoms with van der Waals surface area (Å²) in [6, 6.07) is 5.59. The minimum atomic E-state index is 0.590. The zero-order chi connectivity index (χ0) is 10.1. The zero-order valence-electron chi connectivity index (χ0n) is 7.75. The topological polar surface area (TPSA) is 75.8 Å². The first-order valence-corrected chi connectivity index (χ1v) is 4.51. The van der Waals surface area contributed by atoms with Crippen LogP contribution in [-0.4, -0.2) is 0 Å². The summed E-state index contributed by atoms with van der Waals surface area (Å²) in [5.41, 5.74) is 13.7. The highest BCUT2D eigenvalue weighted by Gasteiger charge is 2.05. The van der Waals surface area contributed by atoms with Crippen LogP contribution >= 0.6 is 0 Å². The Balaban J connectivity index is 2.91. The van der Waals surface area contributed by atoms with Gasteiger partial charge >= 0.3 is 0 Å². The van der Waals surface area contributed by atoms with Gasteiger partial charge in [-0.15, -0.1) is 0 Å². The number of anilines is 1. The Labute approximate surface area is 81.9 Å². The Morgan fingerprint density at radius 3 is 2.79 bits per heavy atom. The third-order valence-corrected chi connectivity index (χ3v) is 2.43. The smallest absolute Gasteiger partial charge is 0.0992 e. The second kappa shape index (κ2) is 3.08. The molecule has 0 atom stereocenters. The van der Waals surface area contributed by atoms with Gasteiger partial charge in [0.2, 0.25) is 0 Å². The Morgan fingerprint density at radius 1 is 1.29 bits per heavy atom. The van der Waals surface area contributed by atoms with E-state index in [4.69, 9.17) is 16.7 Å². The maximum absolute atomic E-state index is 8.77. The number of nitrogens with zero attached hydrogens (tertiary/aromatic N) is 1. The molecule has 2 rings (SSSR count). The van der Waals surface area contributed by atoms with E-state index in [0.717, 1.165) is 29.0 Å². The number of nitriles is 1. The van der Waals surface area contributed by atoms with Crippen LogP contribution in [0.4, 0.5) is 5.69 Å². The van der Waals surface area contributed by atoms with E-state index in [9.17, 15) is 0 Å². The van der Waals surface area contributed by atoms with Gasteiger partial charge in [0, 0.05) is 16.6 Å². The molecule has 14 heavy (non-hydrogen) atoms. The molecule has 4 N–H and O–H groups in total.